The van der Waals surface area contributed by atoms with Crippen LogP contribution < -0.4 is 0 Å². The van der Waals surface area contributed by atoms with Gasteiger partial charge in [0.05, 0.1) is 11.0 Å². The van der Waals surface area contributed by atoms with E-state index in [0.717, 1.165) is 93.3 Å². The molecule has 4 heterocycles. The van der Waals surface area contributed by atoms with Crippen LogP contribution in [0.25, 0.3) is 127 Å². The van der Waals surface area contributed by atoms with Crippen LogP contribution in [-0.4, -0.2) is 19.5 Å². The zero-order chi connectivity index (χ0) is 42.3. The molecule has 0 fully saturated rings. The molecular weight excluding hydrogens is 785 g/mol. The molecule has 0 atom stereocenters. The van der Waals surface area contributed by atoms with Gasteiger partial charge in [-0.3, -0.25) is 4.57 Å². The van der Waals surface area contributed by atoms with Gasteiger partial charge in [0.15, 0.2) is 11.6 Å². The highest BCUT2D eigenvalue weighted by Gasteiger charge is 2.35. The van der Waals surface area contributed by atoms with Crippen molar-refractivity contribution in [2.24, 2.45) is 0 Å². The van der Waals surface area contributed by atoms with Gasteiger partial charge in [-0.05, 0) is 93.2 Å². The first-order valence-electron chi connectivity index (χ1n) is 21.8. The molecule has 1 aliphatic rings. The molecule has 0 radical (unpaired) electrons. The number of para-hydroxylation sites is 3. The minimum atomic E-state index is -0.0973. The predicted octanol–water partition coefficient (Wildman–Crippen LogP) is 15.2. The van der Waals surface area contributed by atoms with E-state index < -0.39 is 0 Å². The first kappa shape index (κ1) is 35.3. The molecule has 0 saturated carbocycles. The predicted molar refractivity (Wildman–Crippen MR) is 260 cm³/mol. The minimum absolute atomic E-state index is 0.0973. The molecule has 1 aliphatic carbocycles. The van der Waals surface area contributed by atoms with Crippen LogP contribution in [0.2, 0.25) is 0 Å². The fraction of sp³-hybridized carbons (Fsp3) is 0.0517. The van der Waals surface area contributed by atoms with Crippen LogP contribution in [0, 0.1) is 0 Å². The molecule has 0 N–H and O–H groups in total. The Morgan fingerprint density at radius 3 is 1.64 bits per heavy atom. The molecule has 64 heavy (non-hydrogen) atoms. The Labute approximate surface area is 366 Å². The van der Waals surface area contributed by atoms with Crippen molar-refractivity contribution in [1.29, 1.82) is 0 Å². The Kier molecular flexibility index (Phi) is 7.08. The van der Waals surface area contributed by atoms with E-state index in [0.29, 0.717) is 17.6 Å². The zero-order valence-corrected chi connectivity index (χ0v) is 34.9. The van der Waals surface area contributed by atoms with Crippen molar-refractivity contribution in [3.05, 3.63) is 193 Å². The summed E-state index contributed by atoms with van der Waals surface area (Å²) in [5.41, 5.74) is 14.3. The highest BCUT2D eigenvalue weighted by Crippen LogP contribution is 2.50. The van der Waals surface area contributed by atoms with Crippen molar-refractivity contribution >= 4 is 76.5 Å². The lowest BCUT2D eigenvalue weighted by molar-refractivity contribution is 0.660. The van der Waals surface area contributed by atoms with Crippen molar-refractivity contribution in [1.82, 2.24) is 19.5 Å². The van der Waals surface area contributed by atoms with Crippen LogP contribution in [0.15, 0.2) is 191 Å². The molecule has 14 rings (SSSR count). The van der Waals surface area contributed by atoms with Gasteiger partial charge >= 0.3 is 0 Å². The van der Waals surface area contributed by atoms with Gasteiger partial charge in [0.1, 0.15) is 22.3 Å². The smallest absolute Gasteiger partial charge is 0.238 e. The summed E-state index contributed by atoms with van der Waals surface area (Å²) in [5, 5.41) is 8.79. The van der Waals surface area contributed by atoms with Crippen LogP contribution in [0.4, 0.5) is 0 Å². The lowest BCUT2D eigenvalue weighted by Gasteiger charge is -2.21. The molecule has 0 unspecified atom stereocenters. The van der Waals surface area contributed by atoms with Crippen LogP contribution >= 0.6 is 0 Å². The highest BCUT2D eigenvalue weighted by molar-refractivity contribution is 6.17. The molecule has 0 spiro atoms. The molecular formula is C58H36N4O2. The van der Waals surface area contributed by atoms with Crippen LogP contribution in [0.1, 0.15) is 25.0 Å². The second-order valence-corrected chi connectivity index (χ2v) is 17.6. The maximum absolute atomic E-state index is 6.41. The Morgan fingerprint density at radius 1 is 0.391 bits per heavy atom. The van der Waals surface area contributed by atoms with Crippen molar-refractivity contribution in [2.75, 3.05) is 0 Å². The Bertz CT molecular complexity index is 4000. The van der Waals surface area contributed by atoms with E-state index in [1.54, 1.807) is 0 Å². The van der Waals surface area contributed by atoms with E-state index in [1.807, 2.05) is 36.4 Å². The topological polar surface area (TPSA) is 69.9 Å². The summed E-state index contributed by atoms with van der Waals surface area (Å²) in [4.78, 5) is 16.1. The van der Waals surface area contributed by atoms with E-state index in [4.69, 9.17) is 23.8 Å². The molecule has 13 aromatic rings. The summed E-state index contributed by atoms with van der Waals surface area (Å²) in [6, 6.07) is 64.4. The van der Waals surface area contributed by atoms with Crippen molar-refractivity contribution in [3.63, 3.8) is 0 Å². The van der Waals surface area contributed by atoms with Gasteiger partial charge in [0.25, 0.3) is 0 Å². The molecule has 4 aromatic heterocycles. The second kappa shape index (κ2) is 12.8. The number of hydrogen-bond acceptors (Lipinski definition) is 5. The third kappa shape index (κ3) is 4.99. The summed E-state index contributed by atoms with van der Waals surface area (Å²) >= 11 is 0. The van der Waals surface area contributed by atoms with Gasteiger partial charge in [0, 0.05) is 54.4 Å². The van der Waals surface area contributed by atoms with Gasteiger partial charge in [-0.25, -0.2) is 4.98 Å². The van der Waals surface area contributed by atoms with E-state index >= 15 is 0 Å². The lowest BCUT2D eigenvalue weighted by Crippen LogP contribution is -2.14. The Hall–Kier alpha value is -8.35. The average Bonchev–Trinajstić information content (AvgIpc) is 4.06. The van der Waals surface area contributed by atoms with Crippen molar-refractivity contribution in [3.8, 4) is 51.0 Å². The zero-order valence-electron chi connectivity index (χ0n) is 34.9. The molecule has 0 amide bonds. The first-order valence-corrected chi connectivity index (χ1v) is 21.8. The Balaban J connectivity index is 1.06. The van der Waals surface area contributed by atoms with Gasteiger partial charge in [-0.15, -0.1) is 0 Å². The number of rotatable bonds is 4. The molecule has 6 nitrogen and oxygen atoms in total. The standard InChI is InChI=1S/C58H36N4O2/c1-58(2)47-19-8-5-14-39(47)45-29-35(24-27-48(45)58)38-17-11-18-44-46-28-33-12-3-4-13-34(33)30-49(46)62(54(38)44)57-60-55(36-22-25-42-40-15-6-9-20-50(40)63-52(42)31-36)59-56(61-57)37-23-26-43-41-16-7-10-21-51(41)64-53(43)32-37/h3-32H,1-2H3. The third-order valence-corrected chi connectivity index (χ3v) is 13.6. The SMILES string of the molecule is CC1(C)c2ccccc2-c2cc(-c3cccc4c5cc6ccccc6cc5n(-c5nc(-c6ccc7c(c6)oc6ccccc67)nc(-c6ccc7c(c6)oc6ccccc67)n5)c34)ccc21. The molecule has 6 heteroatoms. The van der Waals surface area contributed by atoms with Gasteiger partial charge in [-0.2, -0.15) is 9.97 Å². The first-order chi connectivity index (χ1) is 31.4. The summed E-state index contributed by atoms with van der Waals surface area (Å²) in [6.45, 7) is 4.66. The molecule has 300 valence electrons. The number of aromatic nitrogens is 4. The highest BCUT2D eigenvalue weighted by atomic mass is 16.3. The number of furan rings is 2. The van der Waals surface area contributed by atoms with Crippen molar-refractivity contribution in [2.45, 2.75) is 19.3 Å². The summed E-state index contributed by atoms with van der Waals surface area (Å²) < 4.78 is 15.1. The number of nitrogens with zero attached hydrogens (tertiary/aromatic N) is 4. The van der Waals surface area contributed by atoms with E-state index in [9.17, 15) is 0 Å². The van der Waals surface area contributed by atoms with E-state index in [-0.39, 0.29) is 5.41 Å². The fourth-order valence-electron chi connectivity index (χ4n) is 10.5. The van der Waals surface area contributed by atoms with Gasteiger partial charge in [0.2, 0.25) is 5.95 Å². The summed E-state index contributed by atoms with van der Waals surface area (Å²) in [6.07, 6.45) is 0. The van der Waals surface area contributed by atoms with Crippen LogP contribution in [0.3, 0.4) is 0 Å². The van der Waals surface area contributed by atoms with Gasteiger partial charge < -0.3 is 8.83 Å². The number of hydrogen-bond donors (Lipinski definition) is 0. The Morgan fingerprint density at radius 2 is 0.938 bits per heavy atom. The molecule has 0 bridgehead atoms. The normalized spacial score (nSPS) is 13.3. The average molecular weight is 821 g/mol. The molecule has 0 saturated heterocycles. The third-order valence-electron chi connectivity index (χ3n) is 13.6. The van der Waals surface area contributed by atoms with Crippen LogP contribution in [-0.2, 0) is 5.41 Å². The maximum Gasteiger partial charge on any atom is 0.238 e. The van der Waals surface area contributed by atoms with Crippen LogP contribution in [0.5, 0.6) is 0 Å². The minimum Gasteiger partial charge on any atom is -0.456 e. The van der Waals surface area contributed by atoms with E-state index in [1.165, 1.54) is 27.6 Å². The second-order valence-electron chi connectivity index (χ2n) is 17.6. The molecule has 0 aliphatic heterocycles. The largest absolute Gasteiger partial charge is 0.456 e. The quantitative estimate of drug-likeness (QED) is 0.177. The molecule has 9 aromatic carbocycles. The summed E-state index contributed by atoms with van der Waals surface area (Å²) in [7, 11) is 0. The summed E-state index contributed by atoms with van der Waals surface area (Å²) in [5.74, 6) is 1.60. The number of benzene rings is 9. The van der Waals surface area contributed by atoms with E-state index in [2.05, 4.69) is 164 Å². The van der Waals surface area contributed by atoms with Crippen molar-refractivity contribution < 1.29 is 8.83 Å². The number of fused-ring (bicyclic) bond motifs is 13. The van der Waals surface area contributed by atoms with Gasteiger partial charge in [-0.1, -0.05) is 141 Å². The lowest BCUT2D eigenvalue weighted by atomic mass is 9.82. The fourth-order valence-corrected chi connectivity index (χ4v) is 10.5. The monoisotopic (exact) mass is 820 g/mol. The maximum atomic E-state index is 6.41.